The Balaban J connectivity index is 2.10. The number of nitrogens with zero attached hydrogens (tertiary/aromatic N) is 1. The van der Waals surface area contributed by atoms with Crippen LogP contribution in [0.3, 0.4) is 0 Å². The number of hydrogen-bond donors (Lipinski definition) is 1. The van der Waals surface area contributed by atoms with Gasteiger partial charge in [0.05, 0.1) is 0 Å². The molecule has 3 nitrogen and oxygen atoms in total. The van der Waals surface area contributed by atoms with Crippen LogP contribution >= 0.6 is 0 Å². The van der Waals surface area contributed by atoms with Gasteiger partial charge in [0.1, 0.15) is 0 Å². The maximum atomic E-state index is 12.6. The number of amides is 1. The van der Waals surface area contributed by atoms with Crippen LogP contribution in [0.15, 0.2) is 18.2 Å². The van der Waals surface area contributed by atoms with Crippen LogP contribution in [0.2, 0.25) is 0 Å². The van der Waals surface area contributed by atoms with Crippen LogP contribution < -0.4 is 5.32 Å². The first kappa shape index (κ1) is 14.1. The highest BCUT2D eigenvalue weighted by Crippen LogP contribution is 2.20. The van der Waals surface area contributed by atoms with Gasteiger partial charge in [-0.05, 0) is 57.8 Å². The Morgan fingerprint density at radius 2 is 2.21 bits per heavy atom. The molecule has 1 aromatic rings. The molecule has 104 valence electrons. The molecule has 1 heterocycles. The van der Waals surface area contributed by atoms with Crippen molar-refractivity contribution in [2.45, 2.75) is 26.7 Å². The van der Waals surface area contributed by atoms with Crippen LogP contribution in [0.25, 0.3) is 0 Å². The minimum absolute atomic E-state index is 0.193. The summed E-state index contributed by atoms with van der Waals surface area (Å²) in [7, 11) is 1.98. The molecule has 1 aromatic carbocycles. The lowest BCUT2D eigenvalue weighted by Crippen LogP contribution is -2.42. The summed E-state index contributed by atoms with van der Waals surface area (Å²) >= 11 is 0. The zero-order valence-corrected chi connectivity index (χ0v) is 12.2. The molecular formula is C16H24N2O. The van der Waals surface area contributed by atoms with Crippen molar-refractivity contribution in [3.8, 4) is 0 Å². The van der Waals surface area contributed by atoms with Gasteiger partial charge in [-0.3, -0.25) is 4.79 Å². The highest BCUT2D eigenvalue weighted by Gasteiger charge is 2.24. The Morgan fingerprint density at radius 1 is 1.42 bits per heavy atom. The number of carbonyl (C=O) groups is 1. The van der Waals surface area contributed by atoms with Crippen molar-refractivity contribution in [1.29, 1.82) is 0 Å². The van der Waals surface area contributed by atoms with Crippen LogP contribution in [-0.4, -0.2) is 37.5 Å². The number of hydrogen-bond acceptors (Lipinski definition) is 2. The van der Waals surface area contributed by atoms with E-state index in [1.807, 2.05) is 31.0 Å². The Hall–Kier alpha value is -1.35. The highest BCUT2D eigenvalue weighted by atomic mass is 16.2. The van der Waals surface area contributed by atoms with E-state index in [2.05, 4.69) is 18.3 Å². The van der Waals surface area contributed by atoms with Gasteiger partial charge < -0.3 is 10.2 Å². The highest BCUT2D eigenvalue weighted by molar-refractivity contribution is 5.95. The van der Waals surface area contributed by atoms with Crippen LogP contribution in [0.1, 0.15) is 34.3 Å². The van der Waals surface area contributed by atoms with E-state index in [-0.39, 0.29) is 5.91 Å². The van der Waals surface area contributed by atoms with Crippen molar-refractivity contribution in [3.05, 3.63) is 34.9 Å². The number of nitrogens with one attached hydrogen (secondary N) is 1. The third-order valence-corrected chi connectivity index (χ3v) is 3.91. The molecule has 3 heteroatoms. The van der Waals surface area contributed by atoms with Gasteiger partial charge in [-0.25, -0.2) is 0 Å². The van der Waals surface area contributed by atoms with E-state index in [0.29, 0.717) is 5.92 Å². The van der Waals surface area contributed by atoms with E-state index in [1.165, 1.54) is 12.0 Å². The third kappa shape index (κ3) is 3.35. The Kier molecular flexibility index (Phi) is 4.59. The van der Waals surface area contributed by atoms with Crippen molar-refractivity contribution >= 4 is 5.91 Å². The van der Waals surface area contributed by atoms with Gasteiger partial charge in [0.2, 0.25) is 0 Å². The van der Waals surface area contributed by atoms with Crippen LogP contribution in [0, 0.1) is 19.8 Å². The topological polar surface area (TPSA) is 32.3 Å². The number of benzene rings is 1. The molecule has 1 aliphatic heterocycles. The first-order valence-corrected chi connectivity index (χ1v) is 7.13. The molecule has 2 rings (SSSR count). The second kappa shape index (κ2) is 6.20. The lowest BCUT2D eigenvalue weighted by molar-refractivity contribution is 0.0673. The molecular weight excluding hydrogens is 236 g/mol. The van der Waals surface area contributed by atoms with E-state index in [0.717, 1.165) is 37.2 Å². The van der Waals surface area contributed by atoms with Crippen LogP contribution in [0.5, 0.6) is 0 Å². The average molecular weight is 260 g/mol. The van der Waals surface area contributed by atoms with Crippen molar-refractivity contribution in [2.24, 2.45) is 5.92 Å². The van der Waals surface area contributed by atoms with Crippen molar-refractivity contribution < 1.29 is 4.79 Å². The first-order valence-electron chi connectivity index (χ1n) is 7.13. The van der Waals surface area contributed by atoms with E-state index < -0.39 is 0 Å². The van der Waals surface area contributed by atoms with Gasteiger partial charge in [0.15, 0.2) is 0 Å². The molecule has 1 saturated heterocycles. The Labute approximate surface area is 116 Å². The third-order valence-electron chi connectivity index (χ3n) is 3.91. The molecule has 1 fully saturated rings. The fraction of sp³-hybridized carbons (Fsp3) is 0.562. The number of likely N-dealkylation sites (tertiary alicyclic amines) is 1. The molecule has 19 heavy (non-hydrogen) atoms. The normalized spacial score (nSPS) is 19.5. The second-order valence-corrected chi connectivity index (χ2v) is 5.64. The summed E-state index contributed by atoms with van der Waals surface area (Å²) in [6, 6.07) is 6.08. The summed E-state index contributed by atoms with van der Waals surface area (Å²) in [5.74, 6) is 0.784. The minimum Gasteiger partial charge on any atom is -0.338 e. The smallest absolute Gasteiger partial charge is 0.254 e. The fourth-order valence-corrected chi connectivity index (χ4v) is 2.93. The zero-order valence-electron chi connectivity index (χ0n) is 12.2. The van der Waals surface area contributed by atoms with Crippen molar-refractivity contribution in [3.63, 3.8) is 0 Å². The number of aryl methyl sites for hydroxylation is 2. The van der Waals surface area contributed by atoms with Crippen molar-refractivity contribution in [1.82, 2.24) is 10.2 Å². The molecule has 0 radical (unpaired) electrons. The number of piperidine rings is 1. The first-order chi connectivity index (χ1) is 9.11. The monoisotopic (exact) mass is 260 g/mol. The Morgan fingerprint density at radius 3 is 2.89 bits per heavy atom. The van der Waals surface area contributed by atoms with E-state index in [4.69, 9.17) is 0 Å². The number of rotatable bonds is 3. The largest absolute Gasteiger partial charge is 0.338 e. The molecule has 1 N–H and O–H groups in total. The van der Waals surface area contributed by atoms with E-state index >= 15 is 0 Å². The molecule has 0 bridgehead atoms. The quantitative estimate of drug-likeness (QED) is 0.905. The summed E-state index contributed by atoms with van der Waals surface area (Å²) in [6.45, 7) is 6.86. The maximum Gasteiger partial charge on any atom is 0.254 e. The molecule has 0 saturated carbocycles. The molecule has 0 aromatic heterocycles. The van der Waals surface area contributed by atoms with Gasteiger partial charge in [-0.2, -0.15) is 0 Å². The van der Waals surface area contributed by atoms with Crippen LogP contribution in [-0.2, 0) is 0 Å². The molecule has 1 unspecified atom stereocenters. The van der Waals surface area contributed by atoms with Gasteiger partial charge >= 0.3 is 0 Å². The van der Waals surface area contributed by atoms with Crippen molar-refractivity contribution in [2.75, 3.05) is 26.7 Å². The number of carbonyl (C=O) groups excluding carboxylic acids is 1. The minimum atomic E-state index is 0.193. The molecule has 0 aliphatic carbocycles. The fourth-order valence-electron chi connectivity index (χ4n) is 2.93. The summed E-state index contributed by atoms with van der Waals surface area (Å²) in [4.78, 5) is 14.6. The Bertz CT molecular complexity index is 454. The predicted molar refractivity (Wildman–Crippen MR) is 78.5 cm³/mol. The SMILES string of the molecule is CNCC1CCCN(C(=O)c2ccc(C)cc2C)C1. The van der Waals surface area contributed by atoms with Gasteiger partial charge in [0.25, 0.3) is 5.91 Å². The summed E-state index contributed by atoms with van der Waals surface area (Å²) < 4.78 is 0. The summed E-state index contributed by atoms with van der Waals surface area (Å²) in [6.07, 6.45) is 2.33. The standard InChI is InChI=1S/C16H24N2O/c1-12-6-7-15(13(2)9-12)16(19)18-8-4-5-14(11-18)10-17-3/h6-7,9,14,17H,4-5,8,10-11H2,1-3H3. The lowest BCUT2D eigenvalue weighted by atomic mass is 9.96. The zero-order chi connectivity index (χ0) is 13.8. The lowest BCUT2D eigenvalue weighted by Gasteiger charge is -2.33. The van der Waals surface area contributed by atoms with Gasteiger partial charge in [-0.15, -0.1) is 0 Å². The average Bonchev–Trinajstić information content (AvgIpc) is 2.39. The van der Waals surface area contributed by atoms with Gasteiger partial charge in [0, 0.05) is 18.7 Å². The molecule has 1 amide bonds. The van der Waals surface area contributed by atoms with Gasteiger partial charge in [-0.1, -0.05) is 17.7 Å². The van der Waals surface area contributed by atoms with E-state index in [1.54, 1.807) is 0 Å². The predicted octanol–water partition coefficient (Wildman–Crippen LogP) is 2.38. The second-order valence-electron chi connectivity index (χ2n) is 5.64. The summed E-state index contributed by atoms with van der Waals surface area (Å²) in [5.41, 5.74) is 3.15. The molecule has 0 spiro atoms. The maximum absolute atomic E-state index is 12.6. The molecule has 1 atom stereocenters. The van der Waals surface area contributed by atoms with E-state index in [9.17, 15) is 4.79 Å². The summed E-state index contributed by atoms with van der Waals surface area (Å²) in [5, 5.41) is 3.22. The molecule has 1 aliphatic rings. The van der Waals surface area contributed by atoms with Crippen LogP contribution in [0.4, 0.5) is 0 Å².